The molecule has 0 radical (unpaired) electrons. The van der Waals surface area contributed by atoms with Crippen LogP contribution in [0.15, 0.2) is 53.5 Å². The highest BCUT2D eigenvalue weighted by molar-refractivity contribution is 6.30. The molecule has 9 nitrogen and oxygen atoms in total. The normalized spacial score (nSPS) is 11.7. The maximum atomic E-state index is 13.1. The van der Waals surface area contributed by atoms with Gasteiger partial charge in [0.1, 0.15) is 6.54 Å². The molecule has 0 saturated carbocycles. The Morgan fingerprint density at radius 2 is 1.80 bits per heavy atom. The minimum atomic E-state index is -1.14. The molecule has 0 N–H and O–H groups in total. The van der Waals surface area contributed by atoms with Gasteiger partial charge in [-0.05, 0) is 50.2 Å². The number of carbonyl (C=O) groups is 1. The molecular weight excluding hydrogens is 472 g/mol. The van der Waals surface area contributed by atoms with Crippen LogP contribution in [0, 0.1) is 0 Å². The van der Waals surface area contributed by atoms with E-state index in [0.717, 1.165) is 5.56 Å². The third kappa shape index (κ3) is 6.64. The molecule has 2 aromatic heterocycles. The van der Waals surface area contributed by atoms with Gasteiger partial charge in [0.25, 0.3) is 0 Å². The van der Waals surface area contributed by atoms with Crippen LogP contribution < -0.4 is 5.69 Å². The molecule has 3 rings (SSSR count). The average Bonchev–Trinajstić information content (AvgIpc) is 3.17. The molecule has 2 heterocycles. The molecule has 0 amide bonds. The van der Waals surface area contributed by atoms with Crippen molar-refractivity contribution in [1.29, 1.82) is 0 Å². The fourth-order valence-corrected chi connectivity index (χ4v) is 3.93. The second-order valence-electron chi connectivity index (χ2n) is 7.79. The predicted octanol–water partition coefficient (Wildman–Crippen LogP) is 3.68. The standard InChI is InChI=1S/C25H31ClN4O5/c1-4-34-25(35-5-2,22-8-6-7-15-27-22)14-13-21(31)18-30-24(32)29(16-17-33-3)23(28-30)19-9-11-20(26)12-10-19/h6-12,15H,4-5,13-14,16-18H2,1-3H3. The van der Waals surface area contributed by atoms with Gasteiger partial charge in [-0.2, -0.15) is 0 Å². The van der Waals surface area contributed by atoms with Crippen molar-refractivity contribution in [3.8, 4) is 11.4 Å². The largest absolute Gasteiger partial charge is 0.383 e. The van der Waals surface area contributed by atoms with Crippen molar-refractivity contribution in [2.75, 3.05) is 26.9 Å². The smallest absolute Gasteiger partial charge is 0.346 e. The number of halogens is 1. The maximum Gasteiger partial charge on any atom is 0.346 e. The van der Waals surface area contributed by atoms with Crippen LogP contribution in [0.25, 0.3) is 11.4 Å². The molecule has 10 heteroatoms. The Balaban J connectivity index is 1.82. The number of nitrogens with zero attached hydrogens (tertiary/aromatic N) is 4. The summed E-state index contributed by atoms with van der Waals surface area (Å²) >= 11 is 6.00. The van der Waals surface area contributed by atoms with Crippen LogP contribution in [-0.2, 0) is 37.9 Å². The lowest BCUT2D eigenvalue weighted by molar-refractivity contribution is -0.249. The van der Waals surface area contributed by atoms with Gasteiger partial charge >= 0.3 is 5.69 Å². The number of carbonyl (C=O) groups excluding carboxylic acids is 1. The first-order valence-electron chi connectivity index (χ1n) is 11.6. The predicted molar refractivity (Wildman–Crippen MR) is 132 cm³/mol. The number of ketones is 1. The van der Waals surface area contributed by atoms with E-state index in [1.165, 1.54) is 9.25 Å². The van der Waals surface area contributed by atoms with Crippen molar-refractivity contribution in [1.82, 2.24) is 19.3 Å². The van der Waals surface area contributed by atoms with Gasteiger partial charge in [-0.15, -0.1) is 5.10 Å². The fourth-order valence-electron chi connectivity index (χ4n) is 3.81. The first kappa shape index (κ1) is 26.7. The van der Waals surface area contributed by atoms with Crippen LogP contribution in [-0.4, -0.2) is 52.0 Å². The molecule has 188 valence electrons. The number of Topliss-reactive ketones (excluding diaryl/α,β-unsaturated/α-hetero) is 1. The third-order valence-corrected chi connectivity index (χ3v) is 5.67. The summed E-state index contributed by atoms with van der Waals surface area (Å²) in [6.07, 6.45) is 2.03. The lowest BCUT2D eigenvalue weighted by Crippen LogP contribution is -2.36. The van der Waals surface area contributed by atoms with E-state index in [4.69, 9.17) is 25.8 Å². The van der Waals surface area contributed by atoms with Gasteiger partial charge in [0.15, 0.2) is 11.6 Å². The van der Waals surface area contributed by atoms with E-state index in [2.05, 4.69) is 10.1 Å². The Labute approximate surface area is 209 Å². The number of ether oxygens (including phenoxy) is 3. The van der Waals surface area contributed by atoms with Crippen LogP contribution in [0.3, 0.4) is 0 Å². The van der Waals surface area contributed by atoms with Crippen LogP contribution >= 0.6 is 11.6 Å². The van der Waals surface area contributed by atoms with Gasteiger partial charge in [0, 0.05) is 49.9 Å². The van der Waals surface area contributed by atoms with Crippen molar-refractivity contribution in [2.24, 2.45) is 0 Å². The van der Waals surface area contributed by atoms with Gasteiger partial charge < -0.3 is 14.2 Å². The Morgan fingerprint density at radius 1 is 1.09 bits per heavy atom. The van der Waals surface area contributed by atoms with Crippen LogP contribution in [0.2, 0.25) is 5.02 Å². The molecule has 0 aliphatic heterocycles. The molecule has 0 aliphatic rings. The highest BCUT2D eigenvalue weighted by Gasteiger charge is 2.35. The first-order chi connectivity index (χ1) is 16.9. The summed E-state index contributed by atoms with van der Waals surface area (Å²) in [6, 6.07) is 12.5. The summed E-state index contributed by atoms with van der Waals surface area (Å²) < 4.78 is 19.8. The SMILES string of the molecule is CCOC(CCC(=O)Cn1nc(-c2ccc(Cl)cc2)n(CCOC)c1=O)(OCC)c1ccccn1. The number of pyridine rings is 1. The molecule has 3 aromatic rings. The first-order valence-corrected chi connectivity index (χ1v) is 12.0. The van der Waals surface area contributed by atoms with Crippen molar-refractivity contribution < 1.29 is 19.0 Å². The third-order valence-electron chi connectivity index (χ3n) is 5.41. The number of methoxy groups -OCH3 is 1. The Bertz CT molecular complexity index is 1140. The number of hydrogen-bond donors (Lipinski definition) is 0. The molecule has 0 aliphatic carbocycles. The van der Waals surface area contributed by atoms with Crippen LogP contribution in [0.4, 0.5) is 0 Å². The Hall–Kier alpha value is -2.85. The van der Waals surface area contributed by atoms with Crippen molar-refractivity contribution >= 4 is 17.4 Å². The molecule has 35 heavy (non-hydrogen) atoms. The summed E-state index contributed by atoms with van der Waals surface area (Å²) in [7, 11) is 1.56. The van der Waals surface area contributed by atoms with Crippen LogP contribution in [0.1, 0.15) is 32.4 Å². The highest BCUT2D eigenvalue weighted by atomic mass is 35.5. The lowest BCUT2D eigenvalue weighted by Gasteiger charge is -2.32. The quantitative estimate of drug-likeness (QED) is 0.310. The molecule has 0 saturated heterocycles. The molecule has 0 atom stereocenters. The summed E-state index contributed by atoms with van der Waals surface area (Å²) in [5.41, 5.74) is 0.934. The number of benzene rings is 1. The van der Waals surface area contributed by atoms with Crippen molar-refractivity contribution in [2.45, 2.75) is 45.6 Å². The lowest BCUT2D eigenvalue weighted by atomic mass is 10.0. The molecular formula is C25H31ClN4O5. The van der Waals surface area contributed by atoms with Gasteiger partial charge in [0.2, 0.25) is 5.79 Å². The van der Waals surface area contributed by atoms with E-state index in [0.29, 0.717) is 42.9 Å². The van der Waals surface area contributed by atoms with Gasteiger partial charge in [-0.25, -0.2) is 9.48 Å². The van der Waals surface area contributed by atoms with Gasteiger partial charge in [-0.1, -0.05) is 17.7 Å². The highest BCUT2D eigenvalue weighted by Crippen LogP contribution is 2.31. The minimum absolute atomic E-state index is 0.115. The monoisotopic (exact) mass is 502 g/mol. The van der Waals surface area contributed by atoms with E-state index in [1.54, 1.807) is 37.6 Å². The summed E-state index contributed by atoms with van der Waals surface area (Å²) in [5.74, 6) is -0.869. The molecule has 0 unspecified atom stereocenters. The minimum Gasteiger partial charge on any atom is -0.383 e. The van der Waals surface area contributed by atoms with Gasteiger partial charge in [0.05, 0.1) is 18.8 Å². The average molecular weight is 503 g/mol. The zero-order valence-corrected chi connectivity index (χ0v) is 21.0. The molecule has 0 fully saturated rings. The fraction of sp³-hybridized carbons (Fsp3) is 0.440. The molecule has 0 spiro atoms. The van der Waals surface area contributed by atoms with Crippen molar-refractivity contribution in [3.63, 3.8) is 0 Å². The van der Waals surface area contributed by atoms with Gasteiger partial charge in [-0.3, -0.25) is 14.3 Å². The van der Waals surface area contributed by atoms with Crippen LogP contribution in [0.5, 0.6) is 0 Å². The van der Waals surface area contributed by atoms with E-state index in [-0.39, 0.29) is 30.9 Å². The summed E-state index contributed by atoms with van der Waals surface area (Å²) in [4.78, 5) is 30.4. The topological polar surface area (TPSA) is 97.5 Å². The summed E-state index contributed by atoms with van der Waals surface area (Å²) in [5, 5.41) is 5.03. The second kappa shape index (κ2) is 12.7. The Kier molecular flexibility index (Phi) is 9.73. The number of rotatable bonds is 14. The van der Waals surface area contributed by atoms with Crippen molar-refractivity contribution in [3.05, 3.63) is 69.9 Å². The van der Waals surface area contributed by atoms with E-state index in [1.807, 2.05) is 32.0 Å². The molecule has 1 aromatic carbocycles. The molecule has 0 bridgehead atoms. The zero-order chi connectivity index (χ0) is 25.3. The second-order valence-corrected chi connectivity index (χ2v) is 8.22. The maximum absolute atomic E-state index is 13.1. The Morgan fingerprint density at radius 3 is 2.40 bits per heavy atom. The van der Waals surface area contributed by atoms with E-state index in [9.17, 15) is 9.59 Å². The number of hydrogen-bond acceptors (Lipinski definition) is 7. The number of aromatic nitrogens is 4. The summed E-state index contributed by atoms with van der Waals surface area (Å²) in [6.45, 7) is 4.97. The van der Waals surface area contributed by atoms with E-state index >= 15 is 0 Å². The zero-order valence-electron chi connectivity index (χ0n) is 20.3. The van der Waals surface area contributed by atoms with E-state index < -0.39 is 5.79 Å².